The van der Waals surface area contributed by atoms with Crippen LogP contribution in [0.5, 0.6) is 0 Å². The summed E-state index contributed by atoms with van der Waals surface area (Å²) in [6.45, 7) is 4.58. The Hall–Kier alpha value is -1.22. The van der Waals surface area contributed by atoms with Gasteiger partial charge in [-0.3, -0.25) is 0 Å². The Balaban J connectivity index is 1.37. The first-order chi connectivity index (χ1) is 14.3. The van der Waals surface area contributed by atoms with Gasteiger partial charge in [0.15, 0.2) is 0 Å². The standard InChI is InChI=1S/C29H44/c1-3-5-7-9-25-16-20-28(21-17-25)29-22-18-27(19-23-29)15-14-26-12-10-24(11-13-26)8-6-4-2/h10-13,25,27-29H,3-9,16-23H2,1-2H3. The summed E-state index contributed by atoms with van der Waals surface area (Å²) >= 11 is 0. The molecule has 2 saturated carbocycles. The van der Waals surface area contributed by atoms with Crippen molar-refractivity contribution in [1.29, 1.82) is 0 Å². The summed E-state index contributed by atoms with van der Waals surface area (Å²) < 4.78 is 0. The number of aryl methyl sites for hydroxylation is 1. The second kappa shape index (κ2) is 12.5. The lowest BCUT2D eigenvalue weighted by atomic mass is 9.69. The molecule has 3 rings (SSSR count). The second-order valence-corrected chi connectivity index (χ2v) is 9.96. The minimum absolute atomic E-state index is 0.636. The van der Waals surface area contributed by atoms with E-state index in [0.717, 1.165) is 17.8 Å². The minimum Gasteiger partial charge on any atom is -0.0945 e. The first-order valence-electron chi connectivity index (χ1n) is 12.9. The Morgan fingerprint density at radius 3 is 1.97 bits per heavy atom. The van der Waals surface area contributed by atoms with Crippen molar-refractivity contribution >= 4 is 0 Å². The monoisotopic (exact) mass is 392 g/mol. The molecule has 0 heterocycles. The Morgan fingerprint density at radius 2 is 1.34 bits per heavy atom. The summed E-state index contributed by atoms with van der Waals surface area (Å²) in [4.78, 5) is 0. The Labute approximate surface area is 181 Å². The van der Waals surface area contributed by atoms with Gasteiger partial charge < -0.3 is 0 Å². The molecule has 0 nitrogen and oxygen atoms in total. The van der Waals surface area contributed by atoms with Gasteiger partial charge in [-0.15, -0.1) is 0 Å². The van der Waals surface area contributed by atoms with E-state index in [1.54, 1.807) is 0 Å². The van der Waals surface area contributed by atoms with E-state index >= 15 is 0 Å². The van der Waals surface area contributed by atoms with Crippen molar-refractivity contribution < 1.29 is 0 Å². The van der Waals surface area contributed by atoms with Crippen LogP contribution in [-0.2, 0) is 6.42 Å². The van der Waals surface area contributed by atoms with Crippen molar-refractivity contribution in [2.24, 2.45) is 23.7 Å². The van der Waals surface area contributed by atoms with E-state index < -0.39 is 0 Å². The number of benzene rings is 1. The number of hydrogen-bond acceptors (Lipinski definition) is 0. The molecule has 0 unspecified atom stereocenters. The highest BCUT2D eigenvalue weighted by Gasteiger charge is 2.30. The highest BCUT2D eigenvalue weighted by molar-refractivity contribution is 5.36. The molecule has 0 amide bonds. The molecular formula is C29H44. The molecular weight excluding hydrogens is 348 g/mol. The van der Waals surface area contributed by atoms with Crippen molar-refractivity contribution in [3.63, 3.8) is 0 Å². The van der Waals surface area contributed by atoms with Crippen LogP contribution in [-0.4, -0.2) is 0 Å². The van der Waals surface area contributed by atoms with E-state index in [4.69, 9.17) is 0 Å². The largest absolute Gasteiger partial charge is 0.0945 e. The first-order valence-corrected chi connectivity index (χ1v) is 12.9. The maximum atomic E-state index is 3.61. The van der Waals surface area contributed by atoms with Gasteiger partial charge in [-0.25, -0.2) is 0 Å². The fourth-order valence-electron chi connectivity index (χ4n) is 5.69. The van der Waals surface area contributed by atoms with Crippen LogP contribution < -0.4 is 0 Å². The summed E-state index contributed by atoms with van der Waals surface area (Å²) in [5.41, 5.74) is 2.66. The third-order valence-corrected chi connectivity index (χ3v) is 7.74. The van der Waals surface area contributed by atoms with Crippen LogP contribution in [0, 0.1) is 35.5 Å². The molecule has 0 aliphatic heterocycles. The van der Waals surface area contributed by atoms with E-state index in [2.05, 4.69) is 50.0 Å². The topological polar surface area (TPSA) is 0 Å². The van der Waals surface area contributed by atoms with E-state index in [9.17, 15) is 0 Å². The van der Waals surface area contributed by atoms with Crippen LogP contribution in [0.15, 0.2) is 24.3 Å². The molecule has 0 heteroatoms. The van der Waals surface area contributed by atoms with Gasteiger partial charge in [-0.1, -0.05) is 82.8 Å². The molecule has 2 fully saturated rings. The van der Waals surface area contributed by atoms with Crippen LogP contribution in [0.3, 0.4) is 0 Å². The molecule has 0 aromatic heterocycles. The summed E-state index contributed by atoms with van der Waals surface area (Å²) in [7, 11) is 0. The fourth-order valence-corrected chi connectivity index (χ4v) is 5.69. The average molecular weight is 393 g/mol. The molecule has 29 heavy (non-hydrogen) atoms. The zero-order valence-corrected chi connectivity index (χ0v) is 19.2. The van der Waals surface area contributed by atoms with Crippen LogP contribution in [0.25, 0.3) is 0 Å². The van der Waals surface area contributed by atoms with Gasteiger partial charge in [0.05, 0.1) is 0 Å². The molecule has 0 saturated heterocycles. The lowest BCUT2D eigenvalue weighted by Crippen LogP contribution is -2.25. The summed E-state index contributed by atoms with van der Waals surface area (Å²) in [6, 6.07) is 9.00. The van der Waals surface area contributed by atoms with E-state index in [-0.39, 0.29) is 0 Å². The molecule has 0 N–H and O–H groups in total. The van der Waals surface area contributed by atoms with Crippen molar-refractivity contribution in [3.8, 4) is 11.8 Å². The minimum atomic E-state index is 0.636. The molecule has 160 valence electrons. The maximum absolute atomic E-state index is 3.61. The molecule has 2 aliphatic carbocycles. The van der Waals surface area contributed by atoms with Crippen molar-refractivity contribution in [2.45, 2.75) is 110 Å². The molecule has 1 aromatic carbocycles. The third-order valence-electron chi connectivity index (χ3n) is 7.74. The van der Waals surface area contributed by atoms with Crippen LogP contribution >= 0.6 is 0 Å². The second-order valence-electron chi connectivity index (χ2n) is 9.96. The maximum Gasteiger partial charge on any atom is 0.0245 e. The summed E-state index contributed by atoms with van der Waals surface area (Å²) in [5.74, 6) is 10.8. The van der Waals surface area contributed by atoms with Crippen molar-refractivity contribution in [2.75, 3.05) is 0 Å². The number of hydrogen-bond donors (Lipinski definition) is 0. The number of rotatable bonds is 8. The summed E-state index contributed by atoms with van der Waals surface area (Å²) in [5, 5.41) is 0. The molecule has 2 aliphatic rings. The Kier molecular flexibility index (Phi) is 9.66. The van der Waals surface area contributed by atoms with Crippen molar-refractivity contribution in [1.82, 2.24) is 0 Å². The highest BCUT2D eigenvalue weighted by Crippen LogP contribution is 2.42. The van der Waals surface area contributed by atoms with Gasteiger partial charge in [-0.05, 0) is 86.8 Å². The smallest absolute Gasteiger partial charge is 0.0245 e. The fraction of sp³-hybridized carbons (Fsp3) is 0.724. The molecule has 1 aromatic rings. The average Bonchev–Trinajstić information content (AvgIpc) is 2.78. The molecule has 0 atom stereocenters. The van der Waals surface area contributed by atoms with Gasteiger partial charge >= 0.3 is 0 Å². The van der Waals surface area contributed by atoms with Gasteiger partial charge in [0.1, 0.15) is 0 Å². The van der Waals surface area contributed by atoms with Gasteiger partial charge in [0.25, 0.3) is 0 Å². The van der Waals surface area contributed by atoms with E-state index in [1.165, 1.54) is 107 Å². The Morgan fingerprint density at radius 1 is 0.724 bits per heavy atom. The zero-order valence-electron chi connectivity index (χ0n) is 19.2. The number of unbranched alkanes of at least 4 members (excludes halogenated alkanes) is 3. The lowest BCUT2D eigenvalue weighted by Gasteiger charge is -2.37. The normalized spacial score (nSPS) is 27.2. The molecule has 0 radical (unpaired) electrons. The predicted molar refractivity (Wildman–Crippen MR) is 127 cm³/mol. The zero-order chi connectivity index (χ0) is 20.3. The van der Waals surface area contributed by atoms with Crippen LogP contribution in [0.4, 0.5) is 0 Å². The van der Waals surface area contributed by atoms with Gasteiger partial charge in [0, 0.05) is 11.5 Å². The lowest BCUT2D eigenvalue weighted by molar-refractivity contribution is 0.153. The van der Waals surface area contributed by atoms with Crippen LogP contribution in [0.2, 0.25) is 0 Å². The molecule has 0 spiro atoms. The highest BCUT2D eigenvalue weighted by atomic mass is 14.3. The first kappa shape index (κ1) is 22.5. The SMILES string of the molecule is CCCCCC1CCC(C2CCC(C#Cc3ccc(CCCC)cc3)CC2)CC1. The molecule has 0 bridgehead atoms. The van der Waals surface area contributed by atoms with Gasteiger partial charge in [-0.2, -0.15) is 0 Å². The summed E-state index contributed by atoms with van der Waals surface area (Å²) in [6.07, 6.45) is 21.1. The van der Waals surface area contributed by atoms with Gasteiger partial charge in [0.2, 0.25) is 0 Å². The quantitative estimate of drug-likeness (QED) is 0.307. The Bertz CT molecular complexity index is 612. The van der Waals surface area contributed by atoms with Crippen LogP contribution in [0.1, 0.15) is 115 Å². The third kappa shape index (κ3) is 7.51. The predicted octanol–water partition coefficient (Wildman–Crippen LogP) is 8.57. The van der Waals surface area contributed by atoms with E-state index in [0.29, 0.717) is 5.92 Å². The van der Waals surface area contributed by atoms with E-state index in [1.807, 2.05) is 0 Å². The van der Waals surface area contributed by atoms with Crippen molar-refractivity contribution in [3.05, 3.63) is 35.4 Å².